The van der Waals surface area contributed by atoms with E-state index in [1.165, 1.54) is 4.90 Å². The summed E-state index contributed by atoms with van der Waals surface area (Å²) < 4.78 is 29.1. The van der Waals surface area contributed by atoms with E-state index in [2.05, 4.69) is 0 Å². The number of rotatable bonds is 3. The molecule has 1 amide bonds. The van der Waals surface area contributed by atoms with Crippen LogP contribution in [0.25, 0.3) is 0 Å². The zero-order chi connectivity index (χ0) is 10.6. The van der Waals surface area contributed by atoms with Crippen LogP contribution in [0.15, 0.2) is 0 Å². The van der Waals surface area contributed by atoms with Crippen molar-refractivity contribution in [2.24, 2.45) is 5.92 Å². The van der Waals surface area contributed by atoms with E-state index in [9.17, 15) is 13.6 Å². The summed E-state index contributed by atoms with van der Waals surface area (Å²) in [6, 6.07) is 0. The van der Waals surface area contributed by atoms with E-state index in [-0.39, 0.29) is 0 Å². The van der Waals surface area contributed by atoms with Gasteiger partial charge in [-0.15, -0.1) is 0 Å². The number of likely N-dealkylation sites (tertiary alicyclic amines) is 1. The van der Waals surface area contributed by atoms with Crippen LogP contribution in [0.2, 0.25) is 0 Å². The molecule has 0 aromatic rings. The Hall–Kier alpha value is -0.710. The predicted molar refractivity (Wildman–Crippen MR) is 47.2 cm³/mol. The smallest absolute Gasteiger partial charge is 0.315 e. The van der Waals surface area contributed by atoms with Crippen LogP contribution in [-0.4, -0.2) is 44.0 Å². The van der Waals surface area contributed by atoms with Crippen molar-refractivity contribution in [1.82, 2.24) is 4.90 Å². The molecule has 1 fully saturated rings. The third kappa shape index (κ3) is 2.90. The second-order valence-electron chi connectivity index (χ2n) is 3.52. The summed E-state index contributed by atoms with van der Waals surface area (Å²) in [5, 5.41) is 0. The van der Waals surface area contributed by atoms with Crippen LogP contribution in [0.4, 0.5) is 8.78 Å². The Morgan fingerprint density at radius 3 is 2.50 bits per heavy atom. The first-order chi connectivity index (χ1) is 6.65. The Morgan fingerprint density at radius 2 is 2.07 bits per heavy atom. The van der Waals surface area contributed by atoms with Crippen molar-refractivity contribution < 1.29 is 18.3 Å². The number of hydrogen-bond acceptors (Lipinski definition) is 2. The number of ether oxygens (including phenoxy) is 1. The van der Waals surface area contributed by atoms with Crippen molar-refractivity contribution in [2.45, 2.75) is 19.3 Å². The van der Waals surface area contributed by atoms with Crippen LogP contribution in [0.5, 0.6) is 0 Å². The molecule has 1 aliphatic rings. The topological polar surface area (TPSA) is 29.5 Å². The zero-order valence-electron chi connectivity index (χ0n) is 8.21. The molecule has 3 nitrogen and oxygen atoms in total. The first-order valence-electron chi connectivity index (χ1n) is 4.71. The highest BCUT2D eigenvalue weighted by Gasteiger charge is 2.27. The Bertz CT molecular complexity index is 191. The van der Waals surface area contributed by atoms with Crippen LogP contribution < -0.4 is 0 Å². The molecule has 1 aliphatic heterocycles. The standard InChI is InChI=1S/C9H15F2NO2/c1-14-6-7-2-4-12(5-3-7)9(13)8(10)11/h7-8H,2-6H2,1H3. The number of halogens is 2. The predicted octanol–water partition coefficient (Wildman–Crippen LogP) is 1.14. The molecule has 0 unspecified atom stereocenters. The lowest BCUT2D eigenvalue weighted by atomic mass is 9.98. The van der Waals surface area contributed by atoms with Gasteiger partial charge in [0.15, 0.2) is 0 Å². The number of hydrogen-bond donors (Lipinski definition) is 0. The zero-order valence-corrected chi connectivity index (χ0v) is 8.21. The molecule has 0 aliphatic carbocycles. The Morgan fingerprint density at radius 1 is 1.50 bits per heavy atom. The van der Waals surface area contributed by atoms with Gasteiger partial charge in [0.05, 0.1) is 0 Å². The number of carbonyl (C=O) groups excluding carboxylic acids is 1. The van der Waals surface area contributed by atoms with Gasteiger partial charge in [0, 0.05) is 26.8 Å². The van der Waals surface area contributed by atoms with Gasteiger partial charge in [0.2, 0.25) is 0 Å². The average Bonchev–Trinajstić information content (AvgIpc) is 2.18. The van der Waals surface area contributed by atoms with Crippen molar-refractivity contribution in [3.8, 4) is 0 Å². The van der Waals surface area contributed by atoms with Gasteiger partial charge in [0.25, 0.3) is 5.91 Å². The van der Waals surface area contributed by atoms with E-state index < -0.39 is 12.3 Å². The second-order valence-corrected chi connectivity index (χ2v) is 3.52. The number of alkyl halides is 2. The van der Waals surface area contributed by atoms with Crippen molar-refractivity contribution >= 4 is 5.91 Å². The maximum atomic E-state index is 12.0. The van der Waals surface area contributed by atoms with E-state index in [0.717, 1.165) is 12.8 Å². The maximum absolute atomic E-state index is 12.0. The minimum Gasteiger partial charge on any atom is -0.384 e. The first kappa shape index (κ1) is 11.4. The minimum absolute atomic E-state index is 0.404. The van der Waals surface area contributed by atoms with Gasteiger partial charge in [-0.3, -0.25) is 4.79 Å². The maximum Gasteiger partial charge on any atom is 0.315 e. The number of nitrogens with zero attached hydrogens (tertiary/aromatic N) is 1. The third-order valence-electron chi connectivity index (χ3n) is 2.52. The lowest BCUT2D eigenvalue weighted by Crippen LogP contribution is -2.42. The Kier molecular flexibility index (Phi) is 4.25. The molecule has 0 N–H and O–H groups in total. The van der Waals surface area contributed by atoms with Gasteiger partial charge < -0.3 is 9.64 Å². The molecule has 0 spiro atoms. The normalized spacial score (nSPS) is 19.0. The van der Waals surface area contributed by atoms with Crippen LogP contribution in [-0.2, 0) is 9.53 Å². The van der Waals surface area contributed by atoms with E-state index in [1.807, 2.05) is 0 Å². The number of amides is 1. The summed E-state index contributed by atoms with van der Waals surface area (Å²) in [6.45, 7) is 1.51. The van der Waals surface area contributed by atoms with Gasteiger partial charge in [-0.1, -0.05) is 0 Å². The highest BCUT2D eigenvalue weighted by atomic mass is 19.3. The highest BCUT2D eigenvalue weighted by Crippen LogP contribution is 2.18. The van der Waals surface area contributed by atoms with E-state index in [4.69, 9.17) is 4.74 Å². The number of methoxy groups -OCH3 is 1. The fourth-order valence-electron chi connectivity index (χ4n) is 1.69. The Labute approximate surface area is 82.0 Å². The molecule has 0 radical (unpaired) electrons. The van der Waals surface area contributed by atoms with E-state index in [1.54, 1.807) is 7.11 Å². The molecular weight excluding hydrogens is 192 g/mol. The lowest BCUT2D eigenvalue weighted by molar-refractivity contribution is -0.144. The van der Waals surface area contributed by atoms with Gasteiger partial charge in [-0.05, 0) is 18.8 Å². The summed E-state index contributed by atoms with van der Waals surface area (Å²) in [7, 11) is 1.62. The molecule has 1 heterocycles. The molecule has 1 saturated heterocycles. The summed E-state index contributed by atoms with van der Waals surface area (Å²) in [6.07, 6.45) is -1.35. The molecule has 5 heteroatoms. The van der Waals surface area contributed by atoms with Crippen molar-refractivity contribution in [3.63, 3.8) is 0 Å². The molecular formula is C9H15F2NO2. The quantitative estimate of drug-likeness (QED) is 0.694. The molecule has 0 saturated carbocycles. The third-order valence-corrected chi connectivity index (χ3v) is 2.52. The molecule has 0 aromatic heterocycles. The number of carbonyl (C=O) groups is 1. The van der Waals surface area contributed by atoms with Crippen molar-refractivity contribution in [1.29, 1.82) is 0 Å². The highest BCUT2D eigenvalue weighted by molar-refractivity contribution is 5.79. The fraction of sp³-hybridized carbons (Fsp3) is 0.889. The van der Waals surface area contributed by atoms with Gasteiger partial charge in [0.1, 0.15) is 0 Å². The van der Waals surface area contributed by atoms with Crippen molar-refractivity contribution in [3.05, 3.63) is 0 Å². The minimum atomic E-state index is -2.87. The summed E-state index contributed by atoms with van der Waals surface area (Å²) >= 11 is 0. The molecule has 0 atom stereocenters. The van der Waals surface area contributed by atoms with Crippen LogP contribution >= 0.6 is 0 Å². The molecule has 82 valence electrons. The lowest BCUT2D eigenvalue weighted by Gasteiger charge is -2.31. The second kappa shape index (κ2) is 5.24. The van der Waals surface area contributed by atoms with Crippen LogP contribution in [0, 0.1) is 5.92 Å². The summed E-state index contributed by atoms with van der Waals surface area (Å²) in [4.78, 5) is 12.1. The average molecular weight is 207 g/mol. The molecule has 14 heavy (non-hydrogen) atoms. The summed E-state index contributed by atoms with van der Waals surface area (Å²) in [5.74, 6) is -0.636. The van der Waals surface area contributed by atoms with Gasteiger partial charge in [-0.2, -0.15) is 8.78 Å². The fourth-order valence-corrected chi connectivity index (χ4v) is 1.69. The van der Waals surface area contributed by atoms with Crippen molar-refractivity contribution in [2.75, 3.05) is 26.8 Å². The number of piperidine rings is 1. The first-order valence-corrected chi connectivity index (χ1v) is 4.71. The molecule has 0 bridgehead atoms. The SMILES string of the molecule is COCC1CCN(C(=O)C(F)F)CC1. The molecule has 0 aromatic carbocycles. The van der Waals surface area contributed by atoms with Crippen LogP contribution in [0.1, 0.15) is 12.8 Å². The van der Waals surface area contributed by atoms with E-state index in [0.29, 0.717) is 25.6 Å². The monoisotopic (exact) mass is 207 g/mol. The van der Waals surface area contributed by atoms with Gasteiger partial charge in [-0.25, -0.2) is 0 Å². The van der Waals surface area contributed by atoms with E-state index >= 15 is 0 Å². The molecule has 1 rings (SSSR count). The Balaban J connectivity index is 2.32. The largest absolute Gasteiger partial charge is 0.384 e. The summed E-state index contributed by atoms with van der Waals surface area (Å²) in [5.41, 5.74) is 0. The van der Waals surface area contributed by atoms with Gasteiger partial charge >= 0.3 is 6.43 Å². The van der Waals surface area contributed by atoms with Crippen LogP contribution in [0.3, 0.4) is 0 Å².